The Balaban J connectivity index is 1.70. The van der Waals surface area contributed by atoms with Crippen molar-refractivity contribution in [2.24, 2.45) is 5.92 Å². The molecule has 0 aliphatic heterocycles. The molecule has 1 aliphatic carbocycles. The van der Waals surface area contributed by atoms with Crippen molar-refractivity contribution in [3.05, 3.63) is 24.3 Å². The van der Waals surface area contributed by atoms with Crippen molar-refractivity contribution < 1.29 is 9.59 Å². The number of hydrogen-bond donors (Lipinski definition) is 2. The summed E-state index contributed by atoms with van der Waals surface area (Å²) in [6.07, 6.45) is 2.21. The molecule has 1 fully saturated rings. The van der Waals surface area contributed by atoms with Gasteiger partial charge in [-0.3, -0.25) is 9.59 Å². The smallest absolute Gasteiger partial charge is 0.247 e. The SMILES string of the molecule is CC(=O)NC(C(=O)Nc1ccc(-c2nnnn2C2CC2)cc1)C(C)C. The second-order valence-electron chi connectivity index (χ2n) is 6.67. The molecule has 1 atom stereocenters. The molecule has 1 saturated carbocycles. The summed E-state index contributed by atoms with van der Waals surface area (Å²) in [5.74, 6) is 0.266. The number of tetrazole rings is 1. The van der Waals surface area contributed by atoms with Gasteiger partial charge < -0.3 is 10.6 Å². The fraction of sp³-hybridized carbons (Fsp3) is 0.471. The number of benzene rings is 1. The summed E-state index contributed by atoms with van der Waals surface area (Å²) in [6, 6.07) is 7.20. The largest absolute Gasteiger partial charge is 0.344 e. The van der Waals surface area contributed by atoms with Gasteiger partial charge in [0.25, 0.3) is 0 Å². The van der Waals surface area contributed by atoms with Crippen molar-refractivity contribution in [3.63, 3.8) is 0 Å². The van der Waals surface area contributed by atoms with Crippen molar-refractivity contribution in [1.82, 2.24) is 25.5 Å². The van der Waals surface area contributed by atoms with Crippen LogP contribution in [0.25, 0.3) is 11.4 Å². The molecule has 8 heteroatoms. The van der Waals surface area contributed by atoms with Crippen molar-refractivity contribution in [1.29, 1.82) is 0 Å². The summed E-state index contributed by atoms with van der Waals surface area (Å²) in [5.41, 5.74) is 1.56. The molecule has 8 nitrogen and oxygen atoms in total. The van der Waals surface area contributed by atoms with Crippen LogP contribution in [0, 0.1) is 5.92 Å². The highest BCUT2D eigenvalue weighted by Crippen LogP contribution is 2.36. The number of anilines is 1. The Morgan fingerprint density at radius 3 is 2.44 bits per heavy atom. The second kappa shape index (κ2) is 7.00. The molecule has 1 unspecified atom stereocenters. The predicted molar refractivity (Wildman–Crippen MR) is 92.6 cm³/mol. The Labute approximate surface area is 146 Å². The van der Waals surface area contributed by atoms with Gasteiger partial charge in [-0.2, -0.15) is 0 Å². The molecular weight excluding hydrogens is 320 g/mol. The molecule has 0 spiro atoms. The van der Waals surface area contributed by atoms with Crippen molar-refractivity contribution in [2.45, 2.75) is 45.7 Å². The average molecular weight is 342 g/mol. The molecule has 0 radical (unpaired) electrons. The molecule has 2 aromatic rings. The molecule has 2 amide bonds. The van der Waals surface area contributed by atoms with Crippen LogP contribution < -0.4 is 10.6 Å². The Morgan fingerprint density at radius 2 is 1.88 bits per heavy atom. The van der Waals surface area contributed by atoms with E-state index < -0.39 is 6.04 Å². The van der Waals surface area contributed by atoms with Gasteiger partial charge in [0.2, 0.25) is 11.8 Å². The maximum atomic E-state index is 12.4. The zero-order valence-corrected chi connectivity index (χ0v) is 14.6. The molecule has 132 valence electrons. The monoisotopic (exact) mass is 342 g/mol. The third-order valence-electron chi connectivity index (χ3n) is 4.10. The summed E-state index contributed by atoms with van der Waals surface area (Å²) < 4.78 is 1.85. The van der Waals surface area contributed by atoms with Gasteiger partial charge in [-0.1, -0.05) is 13.8 Å². The minimum Gasteiger partial charge on any atom is -0.344 e. The quantitative estimate of drug-likeness (QED) is 0.833. The van der Waals surface area contributed by atoms with Crippen LogP contribution in [0.15, 0.2) is 24.3 Å². The van der Waals surface area contributed by atoms with Gasteiger partial charge in [-0.05, 0) is 53.5 Å². The highest BCUT2D eigenvalue weighted by Gasteiger charge is 2.28. The number of carbonyl (C=O) groups is 2. The molecule has 1 aliphatic rings. The summed E-state index contributed by atoms with van der Waals surface area (Å²) >= 11 is 0. The minimum absolute atomic E-state index is 0.00802. The van der Waals surface area contributed by atoms with Crippen LogP contribution in [-0.2, 0) is 9.59 Å². The maximum Gasteiger partial charge on any atom is 0.247 e. The third kappa shape index (κ3) is 4.01. The van der Waals surface area contributed by atoms with E-state index in [0.29, 0.717) is 11.7 Å². The van der Waals surface area contributed by atoms with E-state index in [9.17, 15) is 9.59 Å². The Hall–Kier alpha value is -2.77. The first-order valence-electron chi connectivity index (χ1n) is 8.42. The van der Waals surface area contributed by atoms with E-state index in [1.165, 1.54) is 6.92 Å². The van der Waals surface area contributed by atoms with Gasteiger partial charge in [-0.25, -0.2) is 4.68 Å². The van der Waals surface area contributed by atoms with E-state index in [-0.39, 0.29) is 17.7 Å². The van der Waals surface area contributed by atoms with Crippen molar-refractivity contribution in [2.75, 3.05) is 5.32 Å². The first-order chi connectivity index (χ1) is 12.0. The molecule has 0 bridgehead atoms. The fourth-order valence-corrected chi connectivity index (χ4v) is 2.63. The molecule has 1 heterocycles. The lowest BCUT2D eigenvalue weighted by atomic mass is 10.0. The number of carbonyl (C=O) groups excluding carboxylic acids is 2. The summed E-state index contributed by atoms with van der Waals surface area (Å²) in [6.45, 7) is 5.18. The lowest BCUT2D eigenvalue weighted by Gasteiger charge is -2.21. The van der Waals surface area contributed by atoms with Crippen LogP contribution >= 0.6 is 0 Å². The Morgan fingerprint density at radius 1 is 1.20 bits per heavy atom. The zero-order chi connectivity index (χ0) is 18.0. The van der Waals surface area contributed by atoms with Gasteiger partial charge in [0.05, 0.1) is 6.04 Å². The van der Waals surface area contributed by atoms with Crippen molar-refractivity contribution in [3.8, 4) is 11.4 Å². The molecule has 1 aromatic carbocycles. The molecule has 1 aromatic heterocycles. The first-order valence-corrected chi connectivity index (χ1v) is 8.42. The van der Waals surface area contributed by atoms with Crippen LogP contribution in [0.3, 0.4) is 0 Å². The second-order valence-corrected chi connectivity index (χ2v) is 6.67. The third-order valence-corrected chi connectivity index (χ3v) is 4.10. The summed E-state index contributed by atoms with van der Waals surface area (Å²) in [7, 11) is 0. The van der Waals surface area contributed by atoms with Crippen LogP contribution in [0.1, 0.15) is 39.7 Å². The van der Waals surface area contributed by atoms with Crippen LogP contribution in [0.2, 0.25) is 0 Å². The van der Waals surface area contributed by atoms with E-state index in [1.807, 2.05) is 42.8 Å². The standard InChI is InChI=1S/C17H22N6O2/c1-10(2)15(18-11(3)24)17(25)19-13-6-4-12(5-7-13)16-20-21-22-23(16)14-8-9-14/h4-7,10,14-15H,8-9H2,1-3H3,(H,18,24)(H,19,25). The van der Waals surface area contributed by atoms with Gasteiger partial charge in [0.1, 0.15) is 6.04 Å². The van der Waals surface area contributed by atoms with Crippen LogP contribution in [0.4, 0.5) is 5.69 Å². The number of aromatic nitrogens is 4. The van der Waals surface area contributed by atoms with Gasteiger partial charge in [0.15, 0.2) is 5.82 Å². The average Bonchev–Trinajstić information content (AvgIpc) is 3.30. The molecule has 25 heavy (non-hydrogen) atoms. The number of nitrogens with one attached hydrogen (secondary N) is 2. The van der Waals surface area contributed by atoms with Crippen molar-refractivity contribution >= 4 is 17.5 Å². The minimum atomic E-state index is -0.570. The van der Waals surface area contributed by atoms with Crippen LogP contribution in [0.5, 0.6) is 0 Å². The topological polar surface area (TPSA) is 102 Å². The molecular formula is C17H22N6O2. The zero-order valence-electron chi connectivity index (χ0n) is 14.6. The van der Waals surface area contributed by atoms with Gasteiger partial charge >= 0.3 is 0 Å². The Bertz CT molecular complexity index is 764. The summed E-state index contributed by atoms with van der Waals surface area (Å²) in [4.78, 5) is 23.7. The number of rotatable bonds is 6. The van der Waals surface area contributed by atoms with Gasteiger partial charge in [-0.15, -0.1) is 5.10 Å². The molecule has 2 N–H and O–H groups in total. The van der Waals surface area contributed by atoms with E-state index in [4.69, 9.17) is 0 Å². The van der Waals surface area contributed by atoms with Crippen LogP contribution in [-0.4, -0.2) is 38.1 Å². The maximum absolute atomic E-state index is 12.4. The van der Waals surface area contributed by atoms with E-state index in [1.54, 1.807) is 0 Å². The summed E-state index contributed by atoms with van der Waals surface area (Å²) in [5, 5.41) is 17.4. The lowest BCUT2D eigenvalue weighted by molar-refractivity contribution is -0.126. The van der Waals surface area contributed by atoms with Gasteiger partial charge in [0, 0.05) is 18.2 Å². The first kappa shape index (κ1) is 17.1. The van der Waals surface area contributed by atoms with E-state index in [2.05, 4.69) is 26.2 Å². The highest BCUT2D eigenvalue weighted by atomic mass is 16.2. The van der Waals surface area contributed by atoms with E-state index >= 15 is 0 Å². The molecule has 3 rings (SSSR count). The predicted octanol–water partition coefficient (Wildman–Crippen LogP) is 1.77. The normalized spacial score (nSPS) is 15.0. The fourth-order valence-electron chi connectivity index (χ4n) is 2.63. The number of hydrogen-bond acceptors (Lipinski definition) is 5. The molecule has 0 saturated heterocycles. The Kier molecular flexibility index (Phi) is 4.78. The van der Waals surface area contributed by atoms with E-state index in [0.717, 1.165) is 24.2 Å². The number of amides is 2. The highest BCUT2D eigenvalue weighted by molar-refractivity contribution is 5.97. The lowest BCUT2D eigenvalue weighted by Crippen LogP contribution is -2.46. The number of nitrogens with zero attached hydrogens (tertiary/aromatic N) is 4.